The van der Waals surface area contributed by atoms with Gasteiger partial charge in [-0.05, 0) is 37.3 Å². The van der Waals surface area contributed by atoms with Gasteiger partial charge in [-0.2, -0.15) is 5.26 Å². The Morgan fingerprint density at radius 2 is 2.21 bits per heavy atom. The van der Waals surface area contributed by atoms with Crippen molar-refractivity contribution in [2.24, 2.45) is 5.92 Å². The zero-order chi connectivity index (χ0) is 13.2. The van der Waals surface area contributed by atoms with E-state index in [2.05, 4.69) is 48.6 Å². The smallest absolute Gasteiger partial charge is 0.0672 e. The molecule has 1 fully saturated rings. The molecule has 0 spiro atoms. The van der Waals surface area contributed by atoms with Crippen molar-refractivity contribution in [2.75, 3.05) is 0 Å². The van der Waals surface area contributed by atoms with E-state index < -0.39 is 0 Å². The third kappa shape index (κ3) is 2.51. The summed E-state index contributed by atoms with van der Waals surface area (Å²) >= 11 is 1.85. The Kier molecular flexibility index (Phi) is 3.54. The maximum Gasteiger partial charge on any atom is 0.0672 e. The highest BCUT2D eigenvalue weighted by molar-refractivity contribution is 7.19. The zero-order valence-electron chi connectivity index (χ0n) is 11.1. The van der Waals surface area contributed by atoms with E-state index in [9.17, 15) is 0 Å². The topological polar surface area (TPSA) is 35.8 Å². The van der Waals surface area contributed by atoms with Gasteiger partial charge in [0.15, 0.2) is 0 Å². The summed E-state index contributed by atoms with van der Waals surface area (Å²) in [7, 11) is 0. The molecule has 3 rings (SSSR count). The molecule has 0 radical (unpaired) electrons. The first-order valence-corrected chi connectivity index (χ1v) is 7.73. The Morgan fingerprint density at radius 1 is 1.37 bits per heavy atom. The van der Waals surface area contributed by atoms with Crippen molar-refractivity contribution in [2.45, 2.75) is 38.3 Å². The molecular weight excluding hydrogens is 252 g/mol. The molecule has 1 aromatic carbocycles. The minimum absolute atomic E-state index is 0.192. The Hall–Kier alpha value is -1.37. The summed E-state index contributed by atoms with van der Waals surface area (Å²) in [6, 6.07) is 13.9. The van der Waals surface area contributed by atoms with Gasteiger partial charge in [-0.25, -0.2) is 0 Å². The lowest BCUT2D eigenvalue weighted by atomic mass is 10.0. The SMILES string of the molecule is CC(NC1CCCC1C#N)c1cc2ccccc2s1. The fourth-order valence-electron chi connectivity index (χ4n) is 2.93. The number of benzene rings is 1. The summed E-state index contributed by atoms with van der Waals surface area (Å²) in [6.07, 6.45) is 3.36. The van der Waals surface area contributed by atoms with Gasteiger partial charge in [0.25, 0.3) is 0 Å². The van der Waals surface area contributed by atoms with Gasteiger partial charge in [0, 0.05) is 21.7 Å². The maximum atomic E-state index is 9.15. The molecule has 2 aromatic rings. The van der Waals surface area contributed by atoms with Gasteiger partial charge in [0.2, 0.25) is 0 Å². The summed E-state index contributed by atoms with van der Waals surface area (Å²) in [6.45, 7) is 2.21. The predicted octanol–water partition coefficient (Wildman–Crippen LogP) is 4.24. The van der Waals surface area contributed by atoms with Crippen molar-refractivity contribution in [1.29, 1.82) is 5.26 Å². The normalized spacial score (nSPS) is 24.4. The largest absolute Gasteiger partial charge is 0.305 e. The van der Waals surface area contributed by atoms with Crippen molar-refractivity contribution in [3.63, 3.8) is 0 Å². The molecule has 3 unspecified atom stereocenters. The van der Waals surface area contributed by atoms with Gasteiger partial charge in [-0.3, -0.25) is 0 Å². The van der Waals surface area contributed by atoms with E-state index in [1.165, 1.54) is 21.4 Å². The molecule has 0 aliphatic heterocycles. The van der Waals surface area contributed by atoms with Gasteiger partial charge in [0.05, 0.1) is 12.0 Å². The average Bonchev–Trinajstić information content (AvgIpc) is 3.03. The van der Waals surface area contributed by atoms with E-state index in [1.807, 2.05) is 11.3 Å². The Bertz CT molecular complexity index is 577. The molecule has 2 nitrogen and oxygen atoms in total. The van der Waals surface area contributed by atoms with Gasteiger partial charge >= 0.3 is 0 Å². The molecule has 1 saturated carbocycles. The van der Waals surface area contributed by atoms with Crippen LogP contribution >= 0.6 is 11.3 Å². The highest BCUT2D eigenvalue weighted by Crippen LogP contribution is 2.32. The minimum atomic E-state index is 0.192. The standard InChI is InChI=1S/C16H18N2S/c1-11(18-14-7-4-6-13(14)10-17)16-9-12-5-2-3-8-15(12)19-16/h2-3,5,8-9,11,13-14,18H,4,6-7H2,1H3. The second-order valence-corrected chi connectivity index (χ2v) is 6.46. The van der Waals surface area contributed by atoms with Crippen LogP contribution in [0.5, 0.6) is 0 Å². The van der Waals surface area contributed by atoms with Gasteiger partial charge in [-0.1, -0.05) is 24.6 Å². The molecule has 19 heavy (non-hydrogen) atoms. The molecule has 0 bridgehead atoms. The summed E-state index contributed by atoms with van der Waals surface area (Å²) in [5, 5.41) is 14.1. The fraction of sp³-hybridized carbons (Fsp3) is 0.438. The molecule has 3 heteroatoms. The van der Waals surface area contributed by atoms with E-state index >= 15 is 0 Å². The van der Waals surface area contributed by atoms with Crippen LogP contribution in [0, 0.1) is 17.2 Å². The van der Waals surface area contributed by atoms with Crippen molar-refractivity contribution >= 4 is 21.4 Å². The molecule has 0 saturated heterocycles. The zero-order valence-corrected chi connectivity index (χ0v) is 11.9. The van der Waals surface area contributed by atoms with E-state index in [-0.39, 0.29) is 5.92 Å². The number of nitrogens with zero attached hydrogens (tertiary/aromatic N) is 1. The highest BCUT2D eigenvalue weighted by Gasteiger charge is 2.28. The third-order valence-corrected chi connectivity index (χ3v) is 5.32. The third-order valence-electron chi connectivity index (χ3n) is 4.02. The highest BCUT2D eigenvalue weighted by atomic mass is 32.1. The van der Waals surface area contributed by atoms with E-state index in [0.29, 0.717) is 12.1 Å². The number of rotatable bonds is 3. The summed E-state index contributed by atoms with van der Waals surface area (Å²) in [5.74, 6) is 0.192. The van der Waals surface area contributed by atoms with Crippen LogP contribution in [0.1, 0.15) is 37.1 Å². The summed E-state index contributed by atoms with van der Waals surface area (Å²) in [4.78, 5) is 1.37. The average molecular weight is 270 g/mol. The predicted molar refractivity (Wildman–Crippen MR) is 80.1 cm³/mol. The lowest BCUT2D eigenvalue weighted by Gasteiger charge is -2.20. The van der Waals surface area contributed by atoms with E-state index in [4.69, 9.17) is 5.26 Å². The monoisotopic (exact) mass is 270 g/mol. The Balaban J connectivity index is 1.76. The van der Waals surface area contributed by atoms with Crippen LogP contribution in [0.15, 0.2) is 30.3 Å². The number of nitrogens with one attached hydrogen (secondary N) is 1. The van der Waals surface area contributed by atoms with Crippen molar-refractivity contribution < 1.29 is 0 Å². The Labute approximate surface area is 118 Å². The van der Waals surface area contributed by atoms with E-state index in [0.717, 1.165) is 12.8 Å². The molecular formula is C16H18N2S. The summed E-state index contributed by atoms with van der Waals surface area (Å²) < 4.78 is 1.34. The fourth-order valence-corrected chi connectivity index (χ4v) is 4.01. The van der Waals surface area contributed by atoms with Crippen LogP contribution < -0.4 is 5.32 Å². The summed E-state index contributed by atoms with van der Waals surface area (Å²) in [5.41, 5.74) is 0. The molecule has 1 heterocycles. The Morgan fingerprint density at radius 3 is 3.00 bits per heavy atom. The van der Waals surface area contributed by atoms with Crippen LogP contribution in [0.4, 0.5) is 0 Å². The van der Waals surface area contributed by atoms with Crippen LogP contribution in [0.3, 0.4) is 0 Å². The lowest BCUT2D eigenvalue weighted by molar-refractivity contribution is 0.421. The minimum Gasteiger partial charge on any atom is -0.305 e. The molecule has 1 aliphatic rings. The number of fused-ring (bicyclic) bond motifs is 1. The van der Waals surface area contributed by atoms with Gasteiger partial charge in [-0.15, -0.1) is 11.3 Å². The van der Waals surface area contributed by atoms with Crippen LogP contribution in [0.25, 0.3) is 10.1 Å². The molecule has 0 amide bonds. The van der Waals surface area contributed by atoms with Crippen molar-refractivity contribution in [3.05, 3.63) is 35.2 Å². The molecule has 98 valence electrons. The lowest BCUT2D eigenvalue weighted by Crippen LogP contribution is -2.33. The maximum absolute atomic E-state index is 9.15. The van der Waals surface area contributed by atoms with Gasteiger partial charge in [0.1, 0.15) is 0 Å². The number of nitriles is 1. The molecule has 1 N–H and O–H groups in total. The van der Waals surface area contributed by atoms with E-state index in [1.54, 1.807) is 0 Å². The quantitative estimate of drug-likeness (QED) is 0.905. The molecule has 1 aromatic heterocycles. The van der Waals surface area contributed by atoms with Crippen LogP contribution in [-0.4, -0.2) is 6.04 Å². The second-order valence-electron chi connectivity index (χ2n) is 5.35. The molecule has 3 atom stereocenters. The van der Waals surface area contributed by atoms with Crippen molar-refractivity contribution in [3.8, 4) is 6.07 Å². The first-order valence-electron chi connectivity index (χ1n) is 6.92. The number of thiophene rings is 1. The first kappa shape index (κ1) is 12.7. The van der Waals surface area contributed by atoms with Gasteiger partial charge < -0.3 is 5.32 Å². The van der Waals surface area contributed by atoms with Crippen LogP contribution in [0.2, 0.25) is 0 Å². The van der Waals surface area contributed by atoms with Crippen LogP contribution in [-0.2, 0) is 0 Å². The molecule has 1 aliphatic carbocycles. The number of hydrogen-bond acceptors (Lipinski definition) is 3. The second kappa shape index (κ2) is 5.32. The van der Waals surface area contributed by atoms with Crippen molar-refractivity contribution in [1.82, 2.24) is 5.32 Å². The number of hydrogen-bond donors (Lipinski definition) is 1. The first-order chi connectivity index (χ1) is 9.28.